The van der Waals surface area contributed by atoms with E-state index in [1.807, 2.05) is 20.9 Å². The first-order valence-electron chi connectivity index (χ1n) is 5.99. The number of benzene rings is 1. The zero-order chi connectivity index (χ0) is 13.8. The molecule has 0 fully saturated rings. The van der Waals surface area contributed by atoms with Crippen LogP contribution in [-0.4, -0.2) is 30.7 Å². The molecule has 0 aliphatic carbocycles. The maximum Gasteiger partial charge on any atom is 0.229 e. The predicted octanol–water partition coefficient (Wildman–Crippen LogP) is 2.35. The molecule has 0 radical (unpaired) electrons. The number of carbonyl (C=O) groups is 1. The van der Waals surface area contributed by atoms with E-state index in [0.29, 0.717) is 13.1 Å². The number of nitrogens with zero attached hydrogens (tertiary/aromatic N) is 1. The zero-order valence-electron chi connectivity index (χ0n) is 11.6. The molecule has 2 N–H and O–H groups in total. The summed E-state index contributed by atoms with van der Waals surface area (Å²) in [6.45, 7) is 4.74. The summed E-state index contributed by atoms with van der Waals surface area (Å²) < 4.78 is 0. The molecule has 0 bridgehead atoms. The molecule has 0 spiro atoms. The first kappa shape index (κ1) is 15.1. The smallest absolute Gasteiger partial charge is 0.229 e. The van der Waals surface area contributed by atoms with Gasteiger partial charge >= 0.3 is 0 Å². The van der Waals surface area contributed by atoms with Crippen LogP contribution in [0.2, 0.25) is 0 Å². The molecule has 1 amide bonds. The van der Waals surface area contributed by atoms with Gasteiger partial charge in [0, 0.05) is 25.0 Å². The van der Waals surface area contributed by atoms with Crippen LogP contribution in [-0.2, 0) is 11.3 Å². The van der Waals surface area contributed by atoms with Gasteiger partial charge in [-0.1, -0.05) is 12.1 Å². The van der Waals surface area contributed by atoms with Crippen molar-refractivity contribution in [2.45, 2.75) is 25.3 Å². The Hall–Kier alpha value is -1.00. The molecular weight excluding hydrogens is 244 g/mol. The van der Waals surface area contributed by atoms with Gasteiger partial charge in [0.2, 0.25) is 5.91 Å². The van der Waals surface area contributed by atoms with Crippen LogP contribution in [0.15, 0.2) is 29.2 Å². The van der Waals surface area contributed by atoms with Crippen LogP contribution in [0.3, 0.4) is 0 Å². The van der Waals surface area contributed by atoms with Crippen molar-refractivity contribution in [1.29, 1.82) is 0 Å². The van der Waals surface area contributed by atoms with Crippen molar-refractivity contribution in [2.75, 3.05) is 19.8 Å². The molecule has 0 heterocycles. The van der Waals surface area contributed by atoms with Gasteiger partial charge in [0.15, 0.2) is 0 Å². The van der Waals surface area contributed by atoms with E-state index in [1.165, 1.54) is 4.90 Å². The molecule has 0 aromatic heterocycles. The topological polar surface area (TPSA) is 46.3 Å². The summed E-state index contributed by atoms with van der Waals surface area (Å²) in [5, 5.41) is 0. The van der Waals surface area contributed by atoms with Crippen molar-refractivity contribution in [1.82, 2.24) is 4.90 Å². The summed E-state index contributed by atoms with van der Waals surface area (Å²) >= 11 is 1.71. The van der Waals surface area contributed by atoms with E-state index < -0.39 is 5.41 Å². The minimum absolute atomic E-state index is 0.0824. The van der Waals surface area contributed by atoms with Gasteiger partial charge in [-0.05, 0) is 37.8 Å². The van der Waals surface area contributed by atoms with E-state index in [2.05, 4.69) is 30.5 Å². The monoisotopic (exact) mass is 266 g/mol. The normalized spacial score (nSPS) is 11.4. The SMILES string of the molecule is CSc1ccc(CN(C)C(=O)C(C)(C)CN)cc1. The fraction of sp³-hybridized carbons (Fsp3) is 0.500. The Morgan fingerprint density at radius 3 is 2.33 bits per heavy atom. The summed E-state index contributed by atoms with van der Waals surface area (Å²) in [5.74, 6) is 0.0824. The number of hydrogen-bond donors (Lipinski definition) is 1. The lowest BCUT2D eigenvalue weighted by molar-refractivity contribution is -0.139. The van der Waals surface area contributed by atoms with E-state index in [0.717, 1.165) is 5.56 Å². The third-order valence-electron chi connectivity index (χ3n) is 3.01. The van der Waals surface area contributed by atoms with E-state index >= 15 is 0 Å². The highest BCUT2D eigenvalue weighted by atomic mass is 32.2. The highest BCUT2D eigenvalue weighted by Gasteiger charge is 2.28. The number of hydrogen-bond acceptors (Lipinski definition) is 3. The van der Waals surface area contributed by atoms with Gasteiger partial charge in [-0.25, -0.2) is 0 Å². The highest BCUT2D eigenvalue weighted by molar-refractivity contribution is 7.98. The van der Waals surface area contributed by atoms with Crippen molar-refractivity contribution >= 4 is 17.7 Å². The lowest BCUT2D eigenvalue weighted by Crippen LogP contribution is -2.42. The Labute approximate surface area is 114 Å². The average Bonchev–Trinajstić information content (AvgIpc) is 2.38. The minimum Gasteiger partial charge on any atom is -0.341 e. The molecule has 4 heteroatoms. The lowest BCUT2D eigenvalue weighted by Gasteiger charge is -2.28. The number of carbonyl (C=O) groups excluding carboxylic acids is 1. The molecule has 3 nitrogen and oxygen atoms in total. The Balaban J connectivity index is 2.69. The van der Waals surface area contributed by atoms with Crippen molar-refractivity contribution in [3.63, 3.8) is 0 Å². The first-order chi connectivity index (χ1) is 8.40. The molecule has 0 unspecified atom stereocenters. The number of nitrogens with two attached hydrogens (primary N) is 1. The van der Waals surface area contributed by atoms with Gasteiger partial charge < -0.3 is 10.6 Å². The summed E-state index contributed by atoms with van der Waals surface area (Å²) in [6, 6.07) is 8.27. The van der Waals surface area contributed by atoms with E-state index in [4.69, 9.17) is 5.73 Å². The van der Waals surface area contributed by atoms with Gasteiger partial charge in [-0.2, -0.15) is 0 Å². The maximum atomic E-state index is 12.2. The zero-order valence-corrected chi connectivity index (χ0v) is 12.4. The second-order valence-corrected chi connectivity index (χ2v) is 5.98. The minimum atomic E-state index is -0.492. The molecule has 0 aliphatic rings. The molecule has 0 saturated heterocycles. The van der Waals surface area contributed by atoms with Gasteiger partial charge in [0.1, 0.15) is 0 Å². The van der Waals surface area contributed by atoms with E-state index in [1.54, 1.807) is 16.7 Å². The molecule has 100 valence electrons. The van der Waals surface area contributed by atoms with Gasteiger partial charge in [0.25, 0.3) is 0 Å². The van der Waals surface area contributed by atoms with Crippen LogP contribution in [0.1, 0.15) is 19.4 Å². The van der Waals surface area contributed by atoms with Crippen LogP contribution in [0, 0.1) is 5.41 Å². The van der Waals surface area contributed by atoms with Crippen molar-refractivity contribution < 1.29 is 4.79 Å². The maximum absolute atomic E-state index is 12.2. The average molecular weight is 266 g/mol. The highest BCUT2D eigenvalue weighted by Crippen LogP contribution is 2.19. The van der Waals surface area contributed by atoms with Gasteiger partial charge in [-0.15, -0.1) is 11.8 Å². The molecule has 18 heavy (non-hydrogen) atoms. The third-order valence-corrected chi connectivity index (χ3v) is 3.76. The number of amides is 1. The van der Waals surface area contributed by atoms with Crippen molar-refractivity contribution in [3.05, 3.63) is 29.8 Å². The molecule has 1 aromatic rings. The van der Waals surface area contributed by atoms with Crippen molar-refractivity contribution in [3.8, 4) is 0 Å². The summed E-state index contributed by atoms with van der Waals surface area (Å²) in [7, 11) is 1.82. The van der Waals surface area contributed by atoms with E-state index in [9.17, 15) is 4.79 Å². The fourth-order valence-electron chi connectivity index (χ4n) is 1.68. The Morgan fingerprint density at radius 2 is 1.89 bits per heavy atom. The Kier molecular flexibility index (Phi) is 5.23. The second-order valence-electron chi connectivity index (χ2n) is 5.10. The standard InChI is InChI=1S/C14H22N2OS/c1-14(2,10-15)13(17)16(3)9-11-5-7-12(18-4)8-6-11/h5-8H,9-10,15H2,1-4H3. The van der Waals surface area contributed by atoms with Gasteiger partial charge in [-0.3, -0.25) is 4.79 Å². The number of thioether (sulfide) groups is 1. The first-order valence-corrected chi connectivity index (χ1v) is 7.22. The molecule has 0 aliphatic heterocycles. The molecule has 1 aromatic carbocycles. The van der Waals surface area contributed by atoms with Crippen LogP contribution < -0.4 is 5.73 Å². The molecule has 0 atom stereocenters. The van der Waals surface area contributed by atoms with Crippen molar-refractivity contribution in [2.24, 2.45) is 11.1 Å². The molecule has 0 saturated carbocycles. The largest absolute Gasteiger partial charge is 0.341 e. The summed E-state index contributed by atoms with van der Waals surface area (Å²) in [6.07, 6.45) is 2.05. The Morgan fingerprint density at radius 1 is 1.33 bits per heavy atom. The number of rotatable bonds is 5. The predicted molar refractivity (Wildman–Crippen MR) is 77.5 cm³/mol. The van der Waals surface area contributed by atoms with Crippen LogP contribution in [0.4, 0.5) is 0 Å². The lowest BCUT2D eigenvalue weighted by atomic mass is 9.92. The van der Waals surface area contributed by atoms with E-state index in [-0.39, 0.29) is 5.91 Å². The second kappa shape index (κ2) is 6.25. The Bertz CT molecular complexity index is 401. The molecule has 1 rings (SSSR count). The van der Waals surface area contributed by atoms with Crippen LogP contribution in [0.5, 0.6) is 0 Å². The van der Waals surface area contributed by atoms with Crippen LogP contribution in [0.25, 0.3) is 0 Å². The van der Waals surface area contributed by atoms with Gasteiger partial charge in [0.05, 0.1) is 5.41 Å². The van der Waals surface area contributed by atoms with Crippen LogP contribution >= 0.6 is 11.8 Å². The molecular formula is C14H22N2OS. The summed E-state index contributed by atoms with van der Waals surface area (Å²) in [5.41, 5.74) is 6.27. The summed E-state index contributed by atoms with van der Waals surface area (Å²) in [4.78, 5) is 15.1. The third kappa shape index (κ3) is 3.75. The quantitative estimate of drug-likeness (QED) is 0.832. The fourth-order valence-corrected chi connectivity index (χ4v) is 2.09.